The van der Waals surface area contributed by atoms with Crippen LogP contribution in [0.5, 0.6) is 0 Å². The molecule has 14 heavy (non-hydrogen) atoms. The second kappa shape index (κ2) is 5.75. The zero-order valence-electron chi connectivity index (χ0n) is 8.54. The van der Waals surface area contributed by atoms with Gasteiger partial charge in [-0.2, -0.15) is 0 Å². The highest BCUT2D eigenvalue weighted by Crippen LogP contribution is 2.16. The number of ether oxygens (including phenoxy) is 1. The Balaban J connectivity index is 2.28. The van der Waals surface area contributed by atoms with E-state index in [0.29, 0.717) is 12.3 Å². The summed E-state index contributed by atoms with van der Waals surface area (Å²) < 4.78 is 4.64. The monoisotopic (exact) mass is 199 g/mol. The third-order valence-corrected chi connectivity index (χ3v) is 2.44. The minimum atomic E-state index is -0.675. The Morgan fingerprint density at radius 1 is 1.36 bits per heavy atom. The largest absolute Gasteiger partial charge is 0.460 e. The first-order valence-electron chi connectivity index (χ1n) is 5.14. The molecule has 1 rings (SSSR count). The summed E-state index contributed by atoms with van der Waals surface area (Å²) in [6.45, 7) is 3.87. The van der Waals surface area contributed by atoms with Crippen LogP contribution >= 0.6 is 0 Å². The maximum Gasteiger partial charge on any atom is 0.374 e. The van der Waals surface area contributed by atoms with Gasteiger partial charge in [-0.05, 0) is 38.8 Å². The molecule has 0 bridgehead atoms. The molecule has 0 spiro atoms. The van der Waals surface area contributed by atoms with Gasteiger partial charge in [0.1, 0.15) is 0 Å². The van der Waals surface area contributed by atoms with E-state index in [1.807, 2.05) is 0 Å². The maximum atomic E-state index is 11.3. The van der Waals surface area contributed by atoms with E-state index in [9.17, 15) is 9.59 Å². The van der Waals surface area contributed by atoms with Crippen LogP contribution < -0.4 is 5.32 Å². The predicted octanol–water partition coefficient (Wildman–Crippen LogP) is 0.508. The molecule has 0 aromatic rings. The molecule has 1 N–H and O–H groups in total. The average molecular weight is 199 g/mol. The first-order valence-corrected chi connectivity index (χ1v) is 5.14. The minimum Gasteiger partial charge on any atom is -0.460 e. The molecule has 0 amide bonds. The Morgan fingerprint density at radius 2 is 2.00 bits per heavy atom. The normalized spacial score (nSPS) is 17.8. The van der Waals surface area contributed by atoms with Gasteiger partial charge in [0.25, 0.3) is 0 Å². The van der Waals surface area contributed by atoms with Gasteiger partial charge in [0, 0.05) is 6.42 Å². The van der Waals surface area contributed by atoms with Crippen LogP contribution in [-0.4, -0.2) is 31.4 Å². The van der Waals surface area contributed by atoms with Gasteiger partial charge in [0.2, 0.25) is 5.78 Å². The summed E-state index contributed by atoms with van der Waals surface area (Å²) in [5.41, 5.74) is 0. The zero-order valence-corrected chi connectivity index (χ0v) is 8.54. The molecule has 1 aliphatic rings. The van der Waals surface area contributed by atoms with E-state index in [1.54, 1.807) is 6.92 Å². The lowest BCUT2D eigenvalue weighted by Crippen LogP contribution is -2.30. The van der Waals surface area contributed by atoms with Crippen molar-refractivity contribution in [3.63, 3.8) is 0 Å². The second-order valence-electron chi connectivity index (χ2n) is 3.54. The van der Waals surface area contributed by atoms with E-state index in [1.165, 1.54) is 0 Å². The first-order chi connectivity index (χ1) is 6.74. The van der Waals surface area contributed by atoms with Crippen molar-refractivity contribution < 1.29 is 14.3 Å². The summed E-state index contributed by atoms with van der Waals surface area (Å²) in [6, 6.07) is 0. The molecule has 0 aromatic heterocycles. The van der Waals surface area contributed by atoms with Crippen molar-refractivity contribution >= 4 is 11.8 Å². The molecule has 80 valence electrons. The minimum absolute atomic E-state index is 0.275. The summed E-state index contributed by atoms with van der Waals surface area (Å²) in [7, 11) is 0. The van der Waals surface area contributed by atoms with Gasteiger partial charge in [-0.15, -0.1) is 0 Å². The Labute approximate surface area is 84.0 Å². The highest BCUT2D eigenvalue weighted by Gasteiger charge is 2.21. The average Bonchev–Trinajstić information content (AvgIpc) is 2.19. The van der Waals surface area contributed by atoms with Crippen LogP contribution in [0.4, 0.5) is 0 Å². The number of Topliss-reactive ketones (excluding diaryl/α,β-unsaturated/α-hetero) is 1. The van der Waals surface area contributed by atoms with Crippen LogP contribution in [0.3, 0.4) is 0 Å². The van der Waals surface area contributed by atoms with E-state index in [4.69, 9.17) is 0 Å². The number of piperidine rings is 1. The smallest absolute Gasteiger partial charge is 0.374 e. The molecule has 4 nitrogen and oxygen atoms in total. The molecule has 0 radical (unpaired) electrons. The van der Waals surface area contributed by atoms with E-state index < -0.39 is 5.97 Å². The van der Waals surface area contributed by atoms with Crippen molar-refractivity contribution in [1.29, 1.82) is 0 Å². The summed E-state index contributed by atoms with van der Waals surface area (Å²) in [5.74, 6) is -0.696. The molecule has 0 atom stereocenters. The number of carbonyl (C=O) groups is 2. The van der Waals surface area contributed by atoms with Crippen molar-refractivity contribution in [1.82, 2.24) is 5.32 Å². The number of ketones is 1. The van der Waals surface area contributed by atoms with Gasteiger partial charge in [0.05, 0.1) is 6.61 Å². The molecule has 0 aromatic carbocycles. The van der Waals surface area contributed by atoms with E-state index in [0.717, 1.165) is 25.9 Å². The molecule has 1 aliphatic heterocycles. The molecule has 1 heterocycles. The molecule has 1 fully saturated rings. The predicted molar refractivity (Wildman–Crippen MR) is 51.9 cm³/mol. The number of rotatable bonds is 4. The maximum absolute atomic E-state index is 11.3. The van der Waals surface area contributed by atoms with Crippen molar-refractivity contribution in [3.8, 4) is 0 Å². The number of nitrogens with one attached hydrogen (secondary N) is 1. The van der Waals surface area contributed by atoms with Gasteiger partial charge in [-0.3, -0.25) is 4.79 Å². The summed E-state index contributed by atoms with van der Waals surface area (Å²) in [4.78, 5) is 22.3. The van der Waals surface area contributed by atoms with Crippen molar-refractivity contribution in [2.75, 3.05) is 19.7 Å². The standard InChI is InChI=1S/C10H17NO3/c1-2-14-10(13)9(12)7-8-3-5-11-6-4-8/h8,11H,2-7H2,1H3. The van der Waals surface area contributed by atoms with Crippen LogP contribution in [0, 0.1) is 5.92 Å². The lowest BCUT2D eigenvalue weighted by Gasteiger charge is -2.21. The van der Waals surface area contributed by atoms with E-state index in [2.05, 4.69) is 10.1 Å². The fourth-order valence-corrected chi connectivity index (χ4v) is 1.64. The zero-order chi connectivity index (χ0) is 10.4. The Hall–Kier alpha value is -0.900. The molecule has 0 aliphatic carbocycles. The SMILES string of the molecule is CCOC(=O)C(=O)CC1CCNCC1. The van der Waals surface area contributed by atoms with Crippen LogP contribution in [0.2, 0.25) is 0 Å². The summed E-state index contributed by atoms with van der Waals surface area (Å²) in [5, 5.41) is 3.21. The van der Waals surface area contributed by atoms with Crippen LogP contribution in [0.1, 0.15) is 26.2 Å². The second-order valence-corrected chi connectivity index (χ2v) is 3.54. The first kappa shape index (κ1) is 11.2. The van der Waals surface area contributed by atoms with E-state index in [-0.39, 0.29) is 12.4 Å². The molecule has 0 saturated carbocycles. The van der Waals surface area contributed by atoms with Crippen molar-refractivity contribution in [3.05, 3.63) is 0 Å². The fraction of sp³-hybridized carbons (Fsp3) is 0.800. The number of hydrogen-bond acceptors (Lipinski definition) is 4. The van der Waals surface area contributed by atoms with Crippen LogP contribution in [-0.2, 0) is 14.3 Å². The van der Waals surface area contributed by atoms with Crippen molar-refractivity contribution in [2.24, 2.45) is 5.92 Å². The lowest BCUT2D eigenvalue weighted by atomic mass is 9.93. The van der Waals surface area contributed by atoms with Gasteiger partial charge in [0.15, 0.2) is 0 Å². The Bertz CT molecular complexity index is 209. The highest BCUT2D eigenvalue weighted by molar-refractivity contribution is 6.33. The summed E-state index contributed by atoms with van der Waals surface area (Å²) in [6.07, 6.45) is 2.30. The summed E-state index contributed by atoms with van der Waals surface area (Å²) >= 11 is 0. The Morgan fingerprint density at radius 3 is 2.57 bits per heavy atom. The molecule has 0 unspecified atom stereocenters. The van der Waals surface area contributed by atoms with Crippen LogP contribution in [0.15, 0.2) is 0 Å². The topological polar surface area (TPSA) is 55.4 Å². The van der Waals surface area contributed by atoms with Gasteiger partial charge < -0.3 is 10.1 Å². The lowest BCUT2D eigenvalue weighted by molar-refractivity contribution is -0.154. The van der Waals surface area contributed by atoms with Gasteiger partial charge >= 0.3 is 5.97 Å². The third-order valence-electron chi connectivity index (χ3n) is 2.44. The van der Waals surface area contributed by atoms with Crippen LogP contribution in [0.25, 0.3) is 0 Å². The number of hydrogen-bond donors (Lipinski definition) is 1. The van der Waals surface area contributed by atoms with E-state index >= 15 is 0 Å². The van der Waals surface area contributed by atoms with Gasteiger partial charge in [-0.1, -0.05) is 0 Å². The highest BCUT2D eigenvalue weighted by atomic mass is 16.5. The number of carbonyl (C=O) groups excluding carboxylic acids is 2. The molecular weight excluding hydrogens is 182 g/mol. The third kappa shape index (κ3) is 3.46. The fourth-order valence-electron chi connectivity index (χ4n) is 1.64. The van der Waals surface area contributed by atoms with Gasteiger partial charge in [-0.25, -0.2) is 4.79 Å². The molecule has 1 saturated heterocycles. The van der Waals surface area contributed by atoms with Crippen molar-refractivity contribution in [2.45, 2.75) is 26.2 Å². The number of esters is 1. The molecule has 4 heteroatoms. The molecular formula is C10H17NO3. The Kier molecular flexibility index (Phi) is 4.59. The quantitative estimate of drug-likeness (QED) is 0.529.